The molecule has 0 heterocycles. The molecule has 0 aliphatic carbocycles. The van der Waals surface area contributed by atoms with E-state index in [2.05, 4.69) is 9.44 Å². The molecule has 3 N–H and O–H groups in total. The number of benzene rings is 1. The second kappa shape index (κ2) is 5.29. The summed E-state index contributed by atoms with van der Waals surface area (Å²) >= 11 is 0. The summed E-state index contributed by atoms with van der Waals surface area (Å²) in [5, 5.41) is 9.36. The van der Waals surface area contributed by atoms with Gasteiger partial charge in [-0.3, -0.25) is 4.72 Å². The molecule has 5 nitrogen and oxygen atoms in total. The predicted octanol–water partition coefficient (Wildman–Crippen LogP) is 1.01. The van der Waals surface area contributed by atoms with Gasteiger partial charge < -0.3 is 5.11 Å². The zero-order chi connectivity index (χ0) is 12.2. The fraction of sp³-hybridized carbons (Fsp3) is 0.400. The molecule has 0 aromatic heterocycles. The standard InChI is InChI=1S/C10H16N2O3S/c1-3-11-16(14,15)12-10-6-4-5-9(7-10)8(2)13/h4-8,11-13H,3H2,1-2H3. The second-order valence-corrected chi connectivity index (χ2v) is 4.90. The number of hydrogen-bond donors (Lipinski definition) is 3. The number of aliphatic hydroxyl groups is 1. The summed E-state index contributed by atoms with van der Waals surface area (Å²) in [7, 11) is -3.51. The lowest BCUT2D eigenvalue weighted by Gasteiger charge is -2.10. The van der Waals surface area contributed by atoms with Gasteiger partial charge in [0.25, 0.3) is 10.2 Å². The Morgan fingerprint density at radius 2 is 2.12 bits per heavy atom. The van der Waals surface area contributed by atoms with Crippen molar-refractivity contribution >= 4 is 15.9 Å². The lowest BCUT2D eigenvalue weighted by molar-refractivity contribution is 0.199. The molecule has 90 valence electrons. The van der Waals surface area contributed by atoms with Crippen molar-refractivity contribution in [3.05, 3.63) is 29.8 Å². The van der Waals surface area contributed by atoms with Gasteiger partial charge in [-0.25, -0.2) is 0 Å². The molecule has 0 aliphatic heterocycles. The summed E-state index contributed by atoms with van der Waals surface area (Å²) in [5.41, 5.74) is 1.09. The minimum absolute atomic E-state index is 0.325. The van der Waals surface area contributed by atoms with Gasteiger partial charge in [-0.1, -0.05) is 19.1 Å². The molecular weight excluding hydrogens is 228 g/mol. The molecular formula is C10H16N2O3S. The van der Waals surface area contributed by atoms with E-state index in [1.165, 1.54) is 0 Å². The van der Waals surface area contributed by atoms with Gasteiger partial charge in [0.15, 0.2) is 0 Å². The minimum atomic E-state index is -3.51. The van der Waals surface area contributed by atoms with Crippen molar-refractivity contribution in [2.45, 2.75) is 20.0 Å². The molecule has 1 aromatic carbocycles. The maximum absolute atomic E-state index is 11.4. The molecule has 0 radical (unpaired) electrons. The van der Waals surface area contributed by atoms with E-state index < -0.39 is 16.3 Å². The Morgan fingerprint density at radius 1 is 1.44 bits per heavy atom. The molecule has 1 atom stereocenters. The topological polar surface area (TPSA) is 78.4 Å². The Labute approximate surface area is 95.7 Å². The van der Waals surface area contributed by atoms with Crippen LogP contribution in [0.3, 0.4) is 0 Å². The largest absolute Gasteiger partial charge is 0.389 e. The zero-order valence-electron chi connectivity index (χ0n) is 9.27. The smallest absolute Gasteiger partial charge is 0.299 e. The van der Waals surface area contributed by atoms with Crippen LogP contribution in [0, 0.1) is 0 Å². The Bertz CT molecular complexity index is 443. The zero-order valence-corrected chi connectivity index (χ0v) is 10.1. The van der Waals surface area contributed by atoms with Crippen LogP contribution in [0.5, 0.6) is 0 Å². The molecule has 1 unspecified atom stereocenters. The van der Waals surface area contributed by atoms with Gasteiger partial charge in [0.2, 0.25) is 0 Å². The number of aliphatic hydroxyl groups excluding tert-OH is 1. The van der Waals surface area contributed by atoms with Crippen LogP contribution in [0.25, 0.3) is 0 Å². The molecule has 6 heteroatoms. The van der Waals surface area contributed by atoms with Crippen LogP contribution in [0.15, 0.2) is 24.3 Å². The van der Waals surface area contributed by atoms with E-state index in [9.17, 15) is 13.5 Å². The highest BCUT2D eigenvalue weighted by Crippen LogP contribution is 2.17. The Kier molecular flexibility index (Phi) is 4.28. The molecule has 0 aliphatic rings. The van der Waals surface area contributed by atoms with Crippen molar-refractivity contribution in [3.8, 4) is 0 Å². The highest BCUT2D eigenvalue weighted by molar-refractivity contribution is 7.90. The average Bonchev–Trinajstić information content (AvgIpc) is 2.17. The fourth-order valence-corrected chi connectivity index (χ4v) is 2.13. The summed E-state index contributed by atoms with van der Waals surface area (Å²) in [6.07, 6.45) is -0.622. The minimum Gasteiger partial charge on any atom is -0.389 e. The van der Waals surface area contributed by atoms with E-state index >= 15 is 0 Å². The molecule has 0 saturated heterocycles. The first-order valence-corrected chi connectivity index (χ1v) is 6.48. The summed E-state index contributed by atoms with van der Waals surface area (Å²) < 4.78 is 27.5. The van der Waals surface area contributed by atoms with Crippen LogP contribution >= 0.6 is 0 Å². The maximum Gasteiger partial charge on any atom is 0.299 e. The molecule has 0 saturated carbocycles. The van der Waals surface area contributed by atoms with Crippen molar-refractivity contribution in [3.63, 3.8) is 0 Å². The SMILES string of the molecule is CCNS(=O)(=O)Nc1cccc(C(C)O)c1. The van der Waals surface area contributed by atoms with Gasteiger partial charge in [-0.15, -0.1) is 0 Å². The van der Waals surface area contributed by atoms with E-state index in [-0.39, 0.29) is 0 Å². The molecule has 0 bridgehead atoms. The van der Waals surface area contributed by atoms with Crippen LogP contribution in [-0.2, 0) is 10.2 Å². The third kappa shape index (κ3) is 3.80. The van der Waals surface area contributed by atoms with Gasteiger partial charge in [-0.2, -0.15) is 13.1 Å². The highest BCUT2D eigenvalue weighted by Gasteiger charge is 2.08. The summed E-state index contributed by atoms with van der Waals surface area (Å²) in [4.78, 5) is 0. The lowest BCUT2D eigenvalue weighted by atomic mass is 10.1. The van der Waals surface area contributed by atoms with Gasteiger partial charge in [0.05, 0.1) is 11.8 Å². The van der Waals surface area contributed by atoms with Crippen LogP contribution in [0.4, 0.5) is 5.69 Å². The third-order valence-electron chi connectivity index (χ3n) is 1.96. The summed E-state index contributed by atoms with van der Waals surface area (Å²) in [5.74, 6) is 0. The summed E-state index contributed by atoms with van der Waals surface area (Å²) in [6.45, 7) is 3.65. The van der Waals surface area contributed by atoms with Crippen LogP contribution in [0.2, 0.25) is 0 Å². The van der Waals surface area contributed by atoms with Crippen molar-refractivity contribution < 1.29 is 13.5 Å². The Balaban J connectivity index is 2.86. The monoisotopic (exact) mass is 244 g/mol. The molecule has 0 spiro atoms. The quantitative estimate of drug-likeness (QED) is 0.723. The predicted molar refractivity (Wildman–Crippen MR) is 63.3 cm³/mol. The van der Waals surface area contributed by atoms with E-state index in [0.29, 0.717) is 17.8 Å². The molecule has 0 amide bonds. The number of rotatable bonds is 5. The van der Waals surface area contributed by atoms with Crippen LogP contribution < -0.4 is 9.44 Å². The van der Waals surface area contributed by atoms with Gasteiger partial charge >= 0.3 is 0 Å². The molecule has 0 fully saturated rings. The number of hydrogen-bond acceptors (Lipinski definition) is 3. The first kappa shape index (κ1) is 13.0. The van der Waals surface area contributed by atoms with E-state index in [0.717, 1.165) is 0 Å². The molecule has 16 heavy (non-hydrogen) atoms. The van der Waals surface area contributed by atoms with Crippen molar-refractivity contribution in [2.75, 3.05) is 11.3 Å². The normalized spacial score (nSPS) is 13.4. The van der Waals surface area contributed by atoms with Crippen molar-refractivity contribution in [1.82, 2.24) is 4.72 Å². The number of nitrogens with one attached hydrogen (secondary N) is 2. The third-order valence-corrected chi connectivity index (χ3v) is 3.13. The van der Waals surface area contributed by atoms with E-state index in [4.69, 9.17) is 0 Å². The van der Waals surface area contributed by atoms with Crippen LogP contribution in [0.1, 0.15) is 25.5 Å². The van der Waals surface area contributed by atoms with Gasteiger partial charge in [0.1, 0.15) is 0 Å². The van der Waals surface area contributed by atoms with E-state index in [1.807, 2.05) is 0 Å². The van der Waals surface area contributed by atoms with Gasteiger partial charge in [-0.05, 0) is 24.6 Å². The highest BCUT2D eigenvalue weighted by atomic mass is 32.2. The maximum atomic E-state index is 11.4. The second-order valence-electron chi connectivity index (χ2n) is 3.40. The van der Waals surface area contributed by atoms with Crippen molar-refractivity contribution in [1.29, 1.82) is 0 Å². The summed E-state index contributed by atoms with van der Waals surface area (Å²) in [6, 6.07) is 6.64. The van der Waals surface area contributed by atoms with E-state index in [1.54, 1.807) is 38.1 Å². The molecule has 1 rings (SSSR count). The Morgan fingerprint density at radius 3 is 2.69 bits per heavy atom. The fourth-order valence-electron chi connectivity index (χ4n) is 1.24. The van der Waals surface area contributed by atoms with Gasteiger partial charge in [0, 0.05) is 6.54 Å². The first-order chi connectivity index (χ1) is 7.44. The van der Waals surface area contributed by atoms with Crippen molar-refractivity contribution in [2.24, 2.45) is 0 Å². The lowest BCUT2D eigenvalue weighted by Crippen LogP contribution is -2.29. The number of anilines is 1. The first-order valence-electron chi connectivity index (χ1n) is 5.00. The molecule has 1 aromatic rings. The Hall–Kier alpha value is -1.11. The van der Waals surface area contributed by atoms with Crippen LogP contribution in [-0.4, -0.2) is 20.1 Å². The average molecular weight is 244 g/mol.